The van der Waals surface area contributed by atoms with E-state index in [1.54, 1.807) is 12.3 Å². The van der Waals surface area contributed by atoms with Crippen LogP contribution in [0.15, 0.2) is 17.3 Å². The third kappa shape index (κ3) is 8.97. The largest absolute Gasteiger partial charge is 0.381 e. The second-order valence-corrected chi connectivity index (χ2v) is 7.10. The zero-order valence-electron chi connectivity index (χ0n) is 15.8. The van der Waals surface area contributed by atoms with E-state index in [2.05, 4.69) is 25.9 Å². The first-order chi connectivity index (χ1) is 13.2. The van der Waals surface area contributed by atoms with Gasteiger partial charge in [0.2, 0.25) is 0 Å². The quantitative estimate of drug-likeness (QED) is 0.291. The molecule has 2 rings (SSSR count). The fraction of sp³-hybridized carbons (Fsp3) is 0.667. The van der Waals surface area contributed by atoms with E-state index in [9.17, 15) is 0 Å². The second kappa shape index (κ2) is 13.0. The smallest absolute Gasteiger partial charge is 0.191 e. The Kier molecular flexibility index (Phi) is 10.6. The van der Waals surface area contributed by atoms with Crippen LogP contribution in [0, 0.1) is 5.92 Å². The minimum absolute atomic E-state index is 0.507. The average molecular weight is 418 g/mol. The third-order valence-corrected chi connectivity index (χ3v) is 4.45. The Balaban J connectivity index is 1.59. The molecule has 0 radical (unpaired) electrons. The Hall–Kier alpha value is -1.28. The van der Waals surface area contributed by atoms with Crippen LogP contribution < -0.4 is 16.0 Å². The zero-order chi connectivity index (χ0) is 19.3. The molecule has 152 valence electrons. The van der Waals surface area contributed by atoms with Gasteiger partial charge in [-0.3, -0.25) is 4.99 Å². The normalized spacial score (nSPS) is 17.1. The zero-order valence-corrected chi connectivity index (χ0v) is 17.3. The summed E-state index contributed by atoms with van der Waals surface area (Å²) in [6.07, 6.45) is 3.57. The maximum atomic E-state index is 6.09. The molecule has 2 heterocycles. The maximum Gasteiger partial charge on any atom is 0.191 e. The first-order valence-electron chi connectivity index (χ1n) is 9.41. The number of ether oxygens (including phenoxy) is 2. The predicted molar refractivity (Wildman–Crippen MR) is 111 cm³/mol. The van der Waals surface area contributed by atoms with E-state index in [4.69, 9.17) is 32.7 Å². The second-order valence-electron chi connectivity index (χ2n) is 6.26. The first kappa shape index (κ1) is 22.0. The Morgan fingerprint density at radius 2 is 2.26 bits per heavy atom. The topological polar surface area (TPSA) is 79.8 Å². The molecule has 0 saturated carbocycles. The molecular formula is C18H29Cl2N5O2. The molecule has 0 aliphatic carbocycles. The molecule has 1 unspecified atom stereocenters. The lowest BCUT2D eigenvalue weighted by molar-refractivity contribution is 0.0893. The van der Waals surface area contributed by atoms with Gasteiger partial charge in [0.15, 0.2) is 5.96 Å². The van der Waals surface area contributed by atoms with Gasteiger partial charge in [0, 0.05) is 51.5 Å². The molecule has 0 aromatic carbocycles. The van der Waals surface area contributed by atoms with Crippen LogP contribution in [-0.2, 0) is 9.47 Å². The molecule has 9 heteroatoms. The van der Waals surface area contributed by atoms with E-state index in [-0.39, 0.29) is 0 Å². The molecule has 0 spiro atoms. The highest BCUT2D eigenvalue weighted by molar-refractivity contribution is 6.35. The van der Waals surface area contributed by atoms with Gasteiger partial charge in [-0.25, -0.2) is 4.98 Å². The number of halogens is 2. The Morgan fingerprint density at radius 1 is 1.37 bits per heavy atom. The van der Waals surface area contributed by atoms with Gasteiger partial charge >= 0.3 is 0 Å². The molecule has 3 N–H and O–H groups in total. The van der Waals surface area contributed by atoms with Crippen molar-refractivity contribution in [3.05, 3.63) is 22.3 Å². The van der Waals surface area contributed by atoms with Crippen LogP contribution in [0.1, 0.15) is 19.8 Å². The number of aliphatic imine (C=N–C) groups is 1. The van der Waals surface area contributed by atoms with Gasteiger partial charge < -0.3 is 25.4 Å². The van der Waals surface area contributed by atoms with E-state index in [0.717, 1.165) is 51.8 Å². The molecule has 0 bridgehead atoms. The highest BCUT2D eigenvalue weighted by atomic mass is 35.5. The SMILES string of the molecule is CCNC(=NCCCOCC1CCOC1)NCCNc1ncc(Cl)cc1Cl. The summed E-state index contributed by atoms with van der Waals surface area (Å²) in [5, 5.41) is 10.7. The highest BCUT2D eigenvalue weighted by Gasteiger charge is 2.15. The maximum absolute atomic E-state index is 6.09. The van der Waals surface area contributed by atoms with Gasteiger partial charge in [-0.2, -0.15) is 0 Å². The van der Waals surface area contributed by atoms with Crippen LogP contribution in [0.25, 0.3) is 0 Å². The van der Waals surface area contributed by atoms with Crippen LogP contribution in [0.3, 0.4) is 0 Å². The summed E-state index contributed by atoms with van der Waals surface area (Å²) in [4.78, 5) is 8.73. The van der Waals surface area contributed by atoms with Crippen molar-refractivity contribution in [3.8, 4) is 0 Å². The summed E-state index contributed by atoms with van der Waals surface area (Å²) in [5.74, 6) is 1.97. The number of hydrogen-bond donors (Lipinski definition) is 3. The van der Waals surface area contributed by atoms with Crippen molar-refractivity contribution in [1.29, 1.82) is 0 Å². The van der Waals surface area contributed by atoms with Crippen LogP contribution >= 0.6 is 23.2 Å². The van der Waals surface area contributed by atoms with E-state index in [1.807, 2.05) is 6.92 Å². The van der Waals surface area contributed by atoms with E-state index in [1.165, 1.54) is 0 Å². The van der Waals surface area contributed by atoms with E-state index < -0.39 is 0 Å². The molecule has 27 heavy (non-hydrogen) atoms. The van der Waals surface area contributed by atoms with Gasteiger partial charge in [0.05, 0.1) is 23.3 Å². The monoisotopic (exact) mass is 417 g/mol. The van der Waals surface area contributed by atoms with Gasteiger partial charge in [-0.05, 0) is 25.8 Å². The minimum Gasteiger partial charge on any atom is -0.381 e. The molecule has 1 aliphatic rings. The van der Waals surface area contributed by atoms with Gasteiger partial charge in [-0.1, -0.05) is 23.2 Å². The van der Waals surface area contributed by atoms with Crippen molar-refractivity contribution in [1.82, 2.24) is 15.6 Å². The van der Waals surface area contributed by atoms with E-state index >= 15 is 0 Å². The predicted octanol–water partition coefficient (Wildman–Crippen LogP) is 2.80. The Bertz CT molecular complexity index is 583. The molecule has 1 saturated heterocycles. The first-order valence-corrected chi connectivity index (χ1v) is 10.2. The standard InChI is InChI=1S/C18H29Cl2N5O2/c1-2-21-18(23-5-3-8-26-12-14-4-9-27-13-14)24-7-6-22-17-16(20)10-15(19)11-25-17/h10-11,14H,2-9,12-13H2,1H3,(H,22,25)(H2,21,23,24). The molecule has 1 atom stereocenters. The number of guanidine groups is 1. The summed E-state index contributed by atoms with van der Waals surface area (Å²) in [7, 11) is 0. The molecule has 1 aliphatic heterocycles. The van der Waals surface area contributed by atoms with Crippen LogP contribution in [0.4, 0.5) is 5.82 Å². The number of hydrogen-bond acceptors (Lipinski definition) is 5. The third-order valence-electron chi connectivity index (χ3n) is 3.96. The number of rotatable bonds is 11. The van der Waals surface area contributed by atoms with Crippen molar-refractivity contribution in [2.24, 2.45) is 10.9 Å². The molecule has 1 aromatic heterocycles. The molecule has 7 nitrogen and oxygen atoms in total. The molecular weight excluding hydrogens is 389 g/mol. The van der Waals surface area contributed by atoms with Crippen molar-refractivity contribution < 1.29 is 9.47 Å². The number of nitrogens with zero attached hydrogens (tertiary/aromatic N) is 2. The highest BCUT2D eigenvalue weighted by Crippen LogP contribution is 2.21. The fourth-order valence-electron chi connectivity index (χ4n) is 2.57. The molecule has 0 amide bonds. The van der Waals surface area contributed by atoms with Crippen molar-refractivity contribution in [2.75, 3.05) is 57.9 Å². The lowest BCUT2D eigenvalue weighted by Gasteiger charge is -2.13. The summed E-state index contributed by atoms with van der Waals surface area (Å²) in [6, 6.07) is 1.67. The van der Waals surface area contributed by atoms with Crippen LogP contribution in [-0.4, -0.2) is 63.6 Å². The number of pyridine rings is 1. The van der Waals surface area contributed by atoms with Gasteiger partial charge in [0.1, 0.15) is 5.82 Å². The summed E-state index contributed by atoms with van der Waals surface area (Å²) in [6.45, 7) is 8.12. The molecule has 1 aromatic rings. The number of aromatic nitrogens is 1. The number of nitrogens with one attached hydrogen (secondary N) is 3. The Morgan fingerprint density at radius 3 is 3.00 bits per heavy atom. The van der Waals surface area contributed by atoms with Crippen LogP contribution in [0.2, 0.25) is 10.0 Å². The average Bonchev–Trinajstić information content (AvgIpc) is 3.16. The van der Waals surface area contributed by atoms with Crippen molar-refractivity contribution in [2.45, 2.75) is 19.8 Å². The lowest BCUT2D eigenvalue weighted by Crippen LogP contribution is -2.39. The molecule has 1 fully saturated rings. The lowest BCUT2D eigenvalue weighted by atomic mass is 10.1. The van der Waals surface area contributed by atoms with Crippen LogP contribution in [0.5, 0.6) is 0 Å². The minimum atomic E-state index is 0.507. The van der Waals surface area contributed by atoms with Gasteiger partial charge in [-0.15, -0.1) is 0 Å². The van der Waals surface area contributed by atoms with E-state index in [0.29, 0.717) is 41.4 Å². The van der Waals surface area contributed by atoms with Gasteiger partial charge in [0.25, 0.3) is 0 Å². The van der Waals surface area contributed by atoms with Crippen molar-refractivity contribution in [3.63, 3.8) is 0 Å². The summed E-state index contributed by atoms with van der Waals surface area (Å²) >= 11 is 11.9. The number of anilines is 1. The van der Waals surface area contributed by atoms with Crippen molar-refractivity contribution >= 4 is 35.0 Å². The summed E-state index contributed by atoms with van der Waals surface area (Å²) < 4.78 is 11.0. The summed E-state index contributed by atoms with van der Waals surface area (Å²) in [5.41, 5.74) is 0. The Labute approximate surface area is 171 Å². The fourth-order valence-corrected chi connectivity index (χ4v) is 3.02.